The van der Waals surface area contributed by atoms with E-state index in [2.05, 4.69) is 39.4 Å². The molecule has 0 aliphatic heterocycles. The molecule has 4 aromatic rings. The van der Waals surface area contributed by atoms with E-state index in [0.29, 0.717) is 0 Å². The van der Waals surface area contributed by atoms with Crippen molar-refractivity contribution in [1.29, 1.82) is 0 Å². The Bertz CT molecular complexity index is 824. The van der Waals surface area contributed by atoms with Crippen LogP contribution in [0.2, 0.25) is 0 Å². The third kappa shape index (κ3) is 2.05. The Hall–Kier alpha value is -3.01. The average molecular weight is 289 g/mol. The predicted molar refractivity (Wildman–Crippen MR) is 88.7 cm³/mol. The zero-order valence-electron chi connectivity index (χ0n) is 11.8. The molecule has 0 amide bonds. The van der Waals surface area contributed by atoms with E-state index in [4.69, 9.17) is 5.21 Å². The van der Waals surface area contributed by atoms with Crippen molar-refractivity contribution >= 4 is 28.0 Å². The number of aromatic nitrogens is 2. The van der Waals surface area contributed by atoms with E-state index in [0.717, 1.165) is 33.2 Å². The first-order chi connectivity index (χ1) is 10.8. The minimum atomic E-state index is -0.148. The first-order valence-electron chi connectivity index (χ1n) is 7.18. The Morgan fingerprint density at radius 1 is 0.818 bits per heavy atom. The van der Waals surface area contributed by atoms with Gasteiger partial charge >= 0.3 is 0 Å². The monoisotopic (exact) mass is 289 g/mol. The van der Waals surface area contributed by atoms with Gasteiger partial charge in [0.05, 0.1) is 12.1 Å². The molecule has 0 radical (unpaired) electrons. The van der Waals surface area contributed by atoms with Crippen LogP contribution >= 0.6 is 0 Å². The van der Waals surface area contributed by atoms with Crippen molar-refractivity contribution in [3.63, 3.8) is 0 Å². The van der Waals surface area contributed by atoms with Crippen molar-refractivity contribution in [3.05, 3.63) is 72.1 Å². The number of nitrogens with one attached hydrogen (secondary N) is 2. The lowest BCUT2D eigenvalue weighted by Crippen LogP contribution is -2.03. The highest BCUT2D eigenvalue weighted by molar-refractivity contribution is 5.85. The Kier molecular flexibility index (Phi) is 2.93. The Labute approximate surface area is 127 Å². The summed E-state index contributed by atoms with van der Waals surface area (Å²) in [5, 5.41) is 14.6. The van der Waals surface area contributed by atoms with Gasteiger partial charge in [0.15, 0.2) is 0 Å². The molecule has 22 heavy (non-hydrogen) atoms. The van der Waals surface area contributed by atoms with Gasteiger partial charge < -0.3 is 15.2 Å². The van der Waals surface area contributed by atoms with Crippen LogP contribution in [0.5, 0.6) is 0 Å². The highest BCUT2D eigenvalue weighted by Crippen LogP contribution is 2.28. The number of benzene rings is 2. The van der Waals surface area contributed by atoms with Crippen LogP contribution in [0.3, 0.4) is 0 Å². The molecule has 0 aliphatic rings. The normalized spacial score (nSPS) is 12.0. The summed E-state index contributed by atoms with van der Waals surface area (Å²) >= 11 is 0. The molecule has 108 valence electrons. The lowest BCUT2D eigenvalue weighted by molar-refractivity contribution is 0.320. The number of rotatable bonds is 3. The fourth-order valence-corrected chi connectivity index (χ4v) is 2.92. The minimum absolute atomic E-state index is 0.148. The van der Waals surface area contributed by atoms with Crippen molar-refractivity contribution in [2.75, 3.05) is 0 Å². The number of nitrogens with zero attached hydrogens (tertiary/aromatic N) is 1. The molecule has 0 unspecified atom stereocenters. The Morgan fingerprint density at radius 3 is 1.77 bits per heavy atom. The van der Waals surface area contributed by atoms with E-state index in [1.54, 1.807) is 0 Å². The number of hydrogen-bond acceptors (Lipinski definition) is 2. The topological polar surface area (TPSA) is 64.2 Å². The molecule has 0 saturated carbocycles. The lowest BCUT2D eigenvalue weighted by atomic mass is 10.0. The molecular formula is C18H15N3O. The lowest BCUT2D eigenvalue weighted by Gasteiger charge is -2.07. The fraction of sp³-hybridized carbons (Fsp3) is 0.0556. The molecule has 2 heterocycles. The van der Waals surface area contributed by atoms with Gasteiger partial charge in [-0.1, -0.05) is 36.4 Å². The van der Waals surface area contributed by atoms with Gasteiger partial charge in [0.1, 0.15) is 0 Å². The maximum atomic E-state index is 9.05. The second-order valence-electron chi connectivity index (χ2n) is 5.37. The first-order valence-corrected chi connectivity index (χ1v) is 7.18. The largest absolute Gasteiger partial charge is 0.411 e. The van der Waals surface area contributed by atoms with E-state index in [1.165, 1.54) is 6.21 Å². The minimum Gasteiger partial charge on any atom is -0.411 e. The second-order valence-corrected chi connectivity index (χ2v) is 5.37. The molecule has 4 nitrogen and oxygen atoms in total. The van der Waals surface area contributed by atoms with Crippen LogP contribution in [0.25, 0.3) is 21.8 Å². The van der Waals surface area contributed by atoms with Gasteiger partial charge in [0.2, 0.25) is 0 Å². The van der Waals surface area contributed by atoms with Crippen LogP contribution < -0.4 is 0 Å². The highest BCUT2D eigenvalue weighted by atomic mass is 16.4. The number of oxime groups is 1. The number of H-pyrrole nitrogens is 2. The van der Waals surface area contributed by atoms with Gasteiger partial charge in [-0.05, 0) is 35.0 Å². The second kappa shape index (κ2) is 5.07. The van der Waals surface area contributed by atoms with Crippen molar-refractivity contribution in [2.24, 2.45) is 5.16 Å². The zero-order valence-corrected chi connectivity index (χ0v) is 11.8. The van der Waals surface area contributed by atoms with Gasteiger partial charge in [-0.3, -0.25) is 0 Å². The van der Waals surface area contributed by atoms with Crippen molar-refractivity contribution in [3.8, 4) is 0 Å². The number of para-hydroxylation sites is 2. The number of aromatic amines is 2. The molecule has 0 atom stereocenters. The van der Waals surface area contributed by atoms with Crippen LogP contribution in [0.1, 0.15) is 17.3 Å². The van der Waals surface area contributed by atoms with Gasteiger partial charge in [0.25, 0.3) is 0 Å². The van der Waals surface area contributed by atoms with E-state index in [9.17, 15) is 0 Å². The smallest absolute Gasteiger partial charge is 0.0778 e. The summed E-state index contributed by atoms with van der Waals surface area (Å²) in [5.74, 6) is -0.148. The maximum absolute atomic E-state index is 9.05. The Balaban J connectivity index is 1.86. The molecule has 0 spiro atoms. The maximum Gasteiger partial charge on any atom is 0.0778 e. The highest BCUT2D eigenvalue weighted by Gasteiger charge is 2.17. The standard InChI is InChI=1S/C18H15N3O/c22-19-11-14(17-9-12-5-1-3-7-15(12)20-17)18-10-13-6-2-4-8-16(13)21-18/h1-11,14,20-22H. The third-order valence-electron chi connectivity index (χ3n) is 3.99. The summed E-state index contributed by atoms with van der Waals surface area (Å²) in [6.45, 7) is 0. The molecule has 4 heteroatoms. The van der Waals surface area contributed by atoms with E-state index >= 15 is 0 Å². The van der Waals surface area contributed by atoms with Crippen molar-refractivity contribution in [2.45, 2.75) is 5.92 Å². The first kappa shape index (κ1) is 12.7. The average Bonchev–Trinajstić information content (AvgIpc) is 3.15. The van der Waals surface area contributed by atoms with Crippen LogP contribution in [-0.2, 0) is 0 Å². The summed E-state index contributed by atoms with van der Waals surface area (Å²) in [4.78, 5) is 6.80. The number of hydrogen-bond donors (Lipinski definition) is 3. The molecule has 0 fully saturated rings. The summed E-state index contributed by atoms with van der Waals surface area (Å²) in [6, 6.07) is 20.4. The zero-order chi connectivity index (χ0) is 14.9. The molecule has 0 aliphatic carbocycles. The van der Waals surface area contributed by atoms with Crippen molar-refractivity contribution < 1.29 is 5.21 Å². The SMILES string of the molecule is ON=CC(c1cc2ccccc2[nH]1)c1cc2ccccc2[nH]1. The molecule has 2 aromatic heterocycles. The molecule has 0 bridgehead atoms. The molecule has 2 aromatic carbocycles. The van der Waals surface area contributed by atoms with E-state index in [-0.39, 0.29) is 5.92 Å². The van der Waals surface area contributed by atoms with Crippen LogP contribution in [-0.4, -0.2) is 21.4 Å². The van der Waals surface area contributed by atoms with Crippen LogP contribution in [0, 0.1) is 0 Å². The van der Waals surface area contributed by atoms with Gasteiger partial charge in [-0.2, -0.15) is 0 Å². The molecule has 3 N–H and O–H groups in total. The molecular weight excluding hydrogens is 274 g/mol. The summed E-state index contributed by atoms with van der Waals surface area (Å²) < 4.78 is 0. The quantitative estimate of drug-likeness (QED) is 0.295. The van der Waals surface area contributed by atoms with E-state index in [1.807, 2.05) is 36.4 Å². The molecule has 0 saturated heterocycles. The summed E-state index contributed by atoms with van der Waals surface area (Å²) in [5.41, 5.74) is 4.13. The predicted octanol–water partition coefficient (Wildman–Crippen LogP) is 4.24. The molecule has 4 rings (SSSR count). The van der Waals surface area contributed by atoms with Crippen molar-refractivity contribution in [1.82, 2.24) is 9.97 Å². The van der Waals surface area contributed by atoms with Gasteiger partial charge in [0, 0.05) is 22.4 Å². The third-order valence-corrected chi connectivity index (χ3v) is 3.99. The summed E-state index contributed by atoms with van der Waals surface area (Å²) in [6.07, 6.45) is 1.54. The van der Waals surface area contributed by atoms with Crippen LogP contribution in [0.4, 0.5) is 0 Å². The number of fused-ring (bicyclic) bond motifs is 2. The van der Waals surface area contributed by atoms with Crippen LogP contribution in [0.15, 0.2) is 65.8 Å². The summed E-state index contributed by atoms with van der Waals surface area (Å²) in [7, 11) is 0. The van der Waals surface area contributed by atoms with Gasteiger partial charge in [-0.25, -0.2) is 0 Å². The van der Waals surface area contributed by atoms with Gasteiger partial charge in [-0.15, -0.1) is 5.16 Å². The Morgan fingerprint density at radius 2 is 1.32 bits per heavy atom. The van der Waals surface area contributed by atoms with E-state index < -0.39 is 0 Å². The fourth-order valence-electron chi connectivity index (χ4n) is 2.92.